The molecule has 0 saturated carbocycles. The third-order valence-electron chi connectivity index (χ3n) is 4.16. The standard InChI is InChI=1S/C18H18N4OS/c1-2-24-18-20-17(23)15-13-10-6-7-11-14(13)19-16(22(15)21-18)12-8-4-3-5-9-12/h3-11,15-16,19H,2H2,1H3,(H,20,21,23)/t15-,16+/m1/s1. The summed E-state index contributed by atoms with van der Waals surface area (Å²) in [7, 11) is 0. The lowest BCUT2D eigenvalue weighted by molar-refractivity contribution is -0.127. The number of anilines is 1. The van der Waals surface area contributed by atoms with Crippen LogP contribution < -0.4 is 10.6 Å². The van der Waals surface area contributed by atoms with Crippen LogP contribution in [0.2, 0.25) is 0 Å². The van der Waals surface area contributed by atoms with Gasteiger partial charge in [-0.2, -0.15) is 0 Å². The van der Waals surface area contributed by atoms with Crippen molar-refractivity contribution in [2.75, 3.05) is 11.1 Å². The molecule has 2 atom stereocenters. The molecule has 2 aromatic rings. The Kier molecular flexibility index (Phi) is 3.90. The van der Waals surface area contributed by atoms with Gasteiger partial charge in [-0.3, -0.25) is 9.80 Å². The fraction of sp³-hybridized carbons (Fsp3) is 0.222. The Morgan fingerprint density at radius 1 is 1.12 bits per heavy atom. The van der Waals surface area contributed by atoms with E-state index in [-0.39, 0.29) is 12.1 Å². The maximum Gasteiger partial charge on any atom is 0.255 e. The Hall–Kier alpha value is -2.47. The molecule has 2 aromatic carbocycles. The van der Waals surface area contributed by atoms with Gasteiger partial charge in [0.1, 0.15) is 6.17 Å². The number of thioether (sulfide) groups is 1. The summed E-state index contributed by atoms with van der Waals surface area (Å²) < 4.78 is 0. The minimum atomic E-state index is -0.422. The first-order chi connectivity index (χ1) is 11.8. The number of benzene rings is 2. The van der Waals surface area contributed by atoms with Crippen molar-refractivity contribution in [1.82, 2.24) is 10.3 Å². The summed E-state index contributed by atoms with van der Waals surface area (Å²) in [4.78, 5) is 12.8. The van der Waals surface area contributed by atoms with Gasteiger partial charge in [-0.05, 0) is 17.4 Å². The minimum Gasteiger partial charge on any atom is -0.360 e. The van der Waals surface area contributed by atoms with Crippen molar-refractivity contribution in [3.8, 4) is 0 Å². The summed E-state index contributed by atoms with van der Waals surface area (Å²) >= 11 is 1.54. The van der Waals surface area contributed by atoms with Crippen LogP contribution in [0.3, 0.4) is 0 Å². The number of hydrazone groups is 1. The normalized spacial score (nSPS) is 22.0. The highest BCUT2D eigenvalue weighted by molar-refractivity contribution is 8.13. The fourth-order valence-corrected chi connectivity index (χ4v) is 3.72. The molecule has 0 bridgehead atoms. The zero-order chi connectivity index (χ0) is 16.5. The Labute approximate surface area is 145 Å². The molecule has 2 aliphatic heterocycles. The maximum absolute atomic E-state index is 12.8. The molecule has 2 aliphatic rings. The number of amides is 1. The van der Waals surface area contributed by atoms with Crippen LogP contribution in [-0.2, 0) is 4.79 Å². The maximum atomic E-state index is 12.8. The summed E-state index contributed by atoms with van der Waals surface area (Å²) in [6, 6.07) is 17.6. The van der Waals surface area contributed by atoms with Crippen LogP contribution in [0.25, 0.3) is 0 Å². The molecule has 1 amide bonds. The summed E-state index contributed by atoms with van der Waals surface area (Å²) in [6.07, 6.45) is -0.176. The first-order valence-corrected chi connectivity index (χ1v) is 8.97. The number of hydrogen-bond donors (Lipinski definition) is 2. The second-order valence-corrected chi connectivity index (χ2v) is 6.91. The van der Waals surface area contributed by atoms with Gasteiger partial charge in [0.2, 0.25) is 0 Å². The monoisotopic (exact) mass is 338 g/mol. The number of fused-ring (bicyclic) bond motifs is 3. The van der Waals surface area contributed by atoms with E-state index in [0.717, 1.165) is 22.6 Å². The zero-order valence-electron chi connectivity index (χ0n) is 13.3. The number of hydrogen-bond acceptors (Lipinski definition) is 5. The molecule has 0 aromatic heterocycles. The van der Waals surface area contributed by atoms with Gasteiger partial charge in [0.05, 0.1) is 0 Å². The van der Waals surface area contributed by atoms with Crippen LogP contribution in [0.5, 0.6) is 0 Å². The number of rotatable bonds is 2. The Bertz CT molecular complexity index is 793. The van der Waals surface area contributed by atoms with E-state index in [4.69, 9.17) is 5.10 Å². The summed E-state index contributed by atoms with van der Waals surface area (Å²) in [6.45, 7) is 2.05. The van der Waals surface area contributed by atoms with Crippen LogP contribution in [0, 0.1) is 0 Å². The molecule has 4 rings (SSSR count). The van der Waals surface area contributed by atoms with Crippen LogP contribution >= 0.6 is 11.8 Å². The minimum absolute atomic E-state index is 0.0316. The Morgan fingerprint density at radius 2 is 1.88 bits per heavy atom. The SMILES string of the molecule is CCSC1=NN2[C@@H](c3ccccc3)Nc3ccccc3[C@@H]2C(=O)N1. The second-order valence-electron chi connectivity index (χ2n) is 5.65. The van der Waals surface area contributed by atoms with Crippen molar-refractivity contribution in [2.24, 2.45) is 5.10 Å². The van der Waals surface area contributed by atoms with E-state index >= 15 is 0 Å². The van der Waals surface area contributed by atoms with Crippen molar-refractivity contribution in [3.63, 3.8) is 0 Å². The molecule has 2 N–H and O–H groups in total. The van der Waals surface area contributed by atoms with Crippen molar-refractivity contribution in [3.05, 3.63) is 65.7 Å². The molecule has 0 fully saturated rings. The number of carbonyl (C=O) groups excluding carboxylic acids is 1. The second kappa shape index (κ2) is 6.20. The van der Waals surface area contributed by atoms with Gasteiger partial charge in [-0.25, -0.2) is 0 Å². The third kappa shape index (κ3) is 2.53. The highest BCUT2D eigenvalue weighted by Crippen LogP contribution is 2.42. The predicted molar refractivity (Wildman–Crippen MR) is 97.5 cm³/mol. The first kappa shape index (κ1) is 15.1. The zero-order valence-corrected chi connectivity index (χ0v) is 14.1. The first-order valence-electron chi connectivity index (χ1n) is 7.99. The molecule has 0 radical (unpaired) electrons. The highest BCUT2D eigenvalue weighted by Gasteiger charge is 2.41. The van der Waals surface area contributed by atoms with Crippen LogP contribution in [0.15, 0.2) is 59.7 Å². The average Bonchev–Trinajstić information content (AvgIpc) is 2.62. The molecule has 2 heterocycles. The van der Waals surface area contributed by atoms with Crippen LogP contribution in [0.4, 0.5) is 5.69 Å². The van der Waals surface area contributed by atoms with E-state index in [1.165, 1.54) is 11.8 Å². The summed E-state index contributed by atoms with van der Waals surface area (Å²) in [5, 5.41) is 13.7. The largest absolute Gasteiger partial charge is 0.360 e. The van der Waals surface area contributed by atoms with Crippen molar-refractivity contribution >= 4 is 28.5 Å². The van der Waals surface area contributed by atoms with Crippen LogP contribution in [-0.4, -0.2) is 21.8 Å². The number of amidine groups is 1. The predicted octanol–water partition coefficient (Wildman–Crippen LogP) is 3.31. The molecule has 0 aliphatic carbocycles. The van der Waals surface area contributed by atoms with Crippen LogP contribution in [0.1, 0.15) is 30.3 Å². The van der Waals surface area contributed by atoms with Gasteiger partial charge < -0.3 is 10.6 Å². The van der Waals surface area contributed by atoms with E-state index < -0.39 is 6.04 Å². The molecular formula is C18H18N4OS. The van der Waals surface area contributed by atoms with E-state index in [1.807, 2.05) is 54.4 Å². The van der Waals surface area contributed by atoms with Gasteiger partial charge in [0, 0.05) is 11.3 Å². The quantitative estimate of drug-likeness (QED) is 0.882. The highest BCUT2D eigenvalue weighted by atomic mass is 32.2. The Balaban J connectivity index is 1.83. The molecule has 24 heavy (non-hydrogen) atoms. The summed E-state index contributed by atoms with van der Waals surface area (Å²) in [5.41, 5.74) is 3.01. The lowest BCUT2D eigenvalue weighted by atomic mass is 9.97. The topological polar surface area (TPSA) is 56.7 Å². The molecule has 6 heteroatoms. The fourth-order valence-electron chi connectivity index (χ4n) is 3.13. The summed E-state index contributed by atoms with van der Waals surface area (Å²) in [5.74, 6) is 0.827. The van der Waals surface area contributed by atoms with Crippen molar-refractivity contribution in [2.45, 2.75) is 19.1 Å². The van der Waals surface area contributed by atoms with E-state index in [1.54, 1.807) is 0 Å². The van der Waals surface area contributed by atoms with E-state index in [0.29, 0.717) is 5.17 Å². The van der Waals surface area contributed by atoms with Gasteiger partial charge >= 0.3 is 0 Å². The van der Waals surface area contributed by atoms with E-state index in [2.05, 4.69) is 22.8 Å². The average molecular weight is 338 g/mol. The Morgan fingerprint density at radius 3 is 2.67 bits per heavy atom. The third-order valence-corrected chi connectivity index (χ3v) is 4.90. The molecule has 0 unspecified atom stereocenters. The number of para-hydroxylation sites is 1. The molecule has 122 valence electrons. The number of nitrogens with one attached hydrogen (secondary N) is 2. The van der Waals surface area contributed by atoms with Gasteiger partial charge in [-0.1, -0.05) is 67.2 Å². The lowest BCUT2D eigenvalue weighted by Crippen LogP contribution is -2.50. The molecule has 0 spiro atoms. The van der Waals surface area contributed by atoms with Crippen molar-refractivity contribution < 1.29 is 4.79 Å². The molecule has 0 saturated heterocycles. The number of carbonyl (C=O) groups is 1. The lowest BCUT2D eigenvalue weighted by Gasteiger charge is -2.43. The molecular weight excluding hydrogens is 320 g/mol. The van der Waals surface area contributed by atoms with Crippen molar-refractivity contribution in [1.29, 1.82) is 0 Å². The van der Waals surface area contributed by atoms with Gasteiger partial charge in [0.15, 0.2) is 11.2 Å². The van der Waals surface area contributed by atoms with Gasteiger partial charge in [-0.15, -0.1) is 5.10 Å². The smallest absolute Gasteiger partial charge is 0.255 e. The molecule has 5 nitrogen and oxygen atoms in total. The van der Waals surface area contributed by atoms with E-state index in [9.17, 15) is 4.79 Å². The van der Waals surface area contributed by atoms with Gasteiger partial charge in [0.25, 0.3) is 5.91 Å². The number of nitrogens with zero attached hydrogens (tertiary/aromatic N) is 2.